The van der Waals surface area contributed by atoms with E-state index in [0.717, 1.165) is 49.8 Å². The summed E-state index contributed by atoms with van der Waals surface area (Å²) < 4.78 is 12.9. The maximum absolute atomic E-state index is 6.52. The van der Waals surface area contributed by atoms with Crippen molar-refractivity contribution < 1.29 is 8.83 Å². The van der Waals surface area contributed by atoms with E-state index in [2.05, 4.69) is 135 Å². The van der Waals surface area contributed by atoms with E-state index >= 15 is 0 Å². The number of fused-ring (bicyclic) bond motifs is 8. The third-order valence-electron chi connectivity index (χ3n) is 9.22. The molecule has 2 heterocycles. The molecular weight excluding hydrogens is 548 g/mol. The van der Waals surface area contributed by atoms with E-state index in [4.69, 9.17) is 8.83 Å². The molecular formula is C43H28O2. The van der Waals surface area contributed by atoms with Crippen molar-refractivity contribution in [1.82, 2.24) is 0 Å². The number of allylic oxidation sites excluding steroid dienone is 2. The minimum absolute atomic E-state index is 0.823. The molecule has 0 fully saturated rings. The van der Waals surface area contributed by atoms with Crippen molar-refractivity contribution in [3.05, 3.63) is 151 Å². The third kappa shape index (κ3) is 3.82. The van der Waals surface area contributed by atoms with Crippen molar-refractivity contribution in [3.63, 3.8) is 0 Å². The van der Waals surface area contributed by atoms with Gasteiger partial charge in [-0.05, 0) is 97.9 Å². The molecule has 2 heteroatoms. The smallest absolute Gasteiger partial charge is 0.146 e. The monoisotopic (exact) mass is 576 g/mol. The van der Waals surface area contributed by atoms with Crippen molar-refractivity contribution in [2.45, 2.75) is 6.92 Å². The van der Waals surface area contributed by atoms with Gasteiger partial charge < -0.3 is 8.83 Å². The predicted octanol–water partition coefficient (Wildman–Crippen LogP) is 12.6. The summed E-state index contributed by atoms with van der Waals surface area (Å²) in [5, 5.41) is 10.6. The van der Waals surface area contributed by atoms with Gasteiger partial charge in [0.2, 0.25) is 0 Å². The minimum atomic E-state index is 0.823. The van der Waals surface area contributed by atoms with Gasteiger partial charge in [0.15, 0.2) is 0 Å². The number of furan rings is 2. The normalized spacial score (nSPS) is 12.1. The van der Waals surface area contributed by atoms with E-state index in [0.29, 0.717) is 0 Å². The van der Waals surface area contributed by atoms with Gasteiger partial charge in [-0.15, -0.1) is 0 Å². The molecule has 0 saturated heterocycles. The Hall–Kier alpha value is -5.86. The summed E-state index contributed by atoms with van der Waals surface area (Å²) in [6.07, 6.45) is 5.63. The van der Waals surface area contributed by atoms with Crippen LogP contribution in [0.4, 0.5) is 0 Å². The summed E-state index contributed by atoms with van der Waals surface area (Å²) in [7, 11) is 0. The summed E-state index contributed by atoms with van der Waals surface area (Å²) >= 11 is 0. The Bertz CT molecular complexity index is 2620. The van der Waals surface area contributed by atoms with Crippen molar-refractivity contribution in [2.24, 2.45) is 0 Å². The molecule has 0 aliphatic carbocycles. The summed E-state index contributed by atoms with van der Waals surface area (Å²) in [6, 6.07) is 43.7. The fraction of sp³-hybridized carbons (Fsp3) is 0.0233. The molecule has 0 N–H and O–H groups in total. The van der Waals surface area contributed by atoms with Crippen LogP contribution in [-0.4, -0.2) is 0 Å². The van der Waals surface area contributed by atoms with Gasteiger partial charge in [-0.25, -0.2) is 0 Å². The first-order valence-electron chi connectivity index (χ1n) is 15.3. The van der Waals surface area contributed by atoms with Gasteiger partial charge in [0.25, 0.3) is 0 Å². The van der Waals surface area contributed by atoms with Gasteiger partial charge in [0.1, 0.15) is 22.5 Å². The van der Waals surface area contributed by atoms with Crippen LogP contribution in [0.15, 0.2) is 149 Å². The Kier molecular flexibility index (Phi) is 5.60. The summed E-state index contributed by atoms with van der Waals surface area (Å²) in [6.45, 7) is 5.90. The highest BCUT2D eigenvalue weighted by Gasteiger charge is 2.20. The van der Waals surface area contributed by atoms with Crippen molar-refractivity contribution >= 4 is 71.3 Å². The molecule has 0 unspecified atom stereocenters. The van der Waals surface area contributed by atoms with Gasteiger partial charge in [-0.1, -0.05) is 110 Å². The largest absolute Gasteiger partial charge is 0.456 e. The highest BCUT2D eigenvalue weighted by molar-refractivity contribution is 6.23. The average Bonchev–Trinajstić information content (AvgIpc) is 3.62. The number of rotatable bonds is 4. The van der Waals surface area contributed by atoms with Crippen LogP contribution in [0.2, 0.25) is 0 Å². The predicted molar refractivity (Wildman–Crippen MR) is 191 cm³/mol. The highest BCUT2D eigenvalue weighted by Crippen LogP contribution is 2.46. The van der Waals surface area contributed by atoms with Crippen LogP contribution in [0.25, 0.3) is 93.6 Å². The maximum atomic E-state index is 6.52. The zero-order valence-corrected chi connectivity index (χ0v) is 24.8. The van der Waals surface area contributed by atoms with Gasteiger partial charge >= 0.3 is 0 Å². The maximum Gasteiger partial charge on any atom is 0.146 e. The van der Waals surface area contributed by atoms with Crippen LogP contribution >= 0.6 is 0 Å². The second-order valence-corrected chi connectivity index (χ2v) is 11.7. The Morgan fingerprint density at radius 2 is 1.13 bits per heavy atom. The van der Waals surface area contributed by atoms with Crippen LogP contribution in [0, 0.1) is 6.92 Å². The molecule has 2 aromatic heterocycles. The molecule has 45 heavy (non-hydrogen) atoms. The van der Waals surface area contributed by atoms with Crippen LogP contribution in [0.5, 0.6) is 0 Å². The van der Waals surface area contributed by atoms with E-state index in [1.165, 1.54) is 49.0 Å². The summed E-state index contributed by atoms with van der Waals surface area (Å²) in [5.74, 6) is 0.841. The Morgan fingerprint density at radius 3 is 1.82 bits per heavy atom. The molecule has 212 valence electrons. The molecule has 9 aromatic rings. The van der Waals surface area contributed by atoms with Gasteiger partial charge in [-0.3, -0.25) is 0 Å². The molecule has 9 rings (SSSR count). The van der Waals surface area contributed by atoms with Crippen LogP contribution < -0.4 is 0 Å². The molecule has 0 atom stereocenters. The first-order valence-corrected chi connectivity index (χ1v) is 15.3. The van der Waals surface area contributed by atoms with E-state index in [-0.39, 0.29) is 0 Å². The van der Waals surface area contributed by atoms with Gasteiger partial charge in [0, 0.05) is 16.3 Å². The van der Waals surface area contributed by atoms with E-state index in [1.54, 1.807) is 6.08 Å². The Morgan fingerprint density at radius 1 is 0.533 bits per heavy atom. The zero-order valence-electron chi connectivity index (χ0n) is 24.8. The van der Waals surface area contributed by atoms with Crippen molar-refractivity contribution in [2.75, 3.05) is 0 Å². The molecule has 7 aromatic carbocycles. The molecule has 0 spiro atoms. The zero-order chi connectivity index (χ0) is 30.1. The second-order valence-electron chi connectivity index (χ2n) is 11.7. The fourth-order valence-corrected chi connectivity index (χ4v) is 7.12. The highest BCUT2D eigenvalue weighted by atomic mass is 16.3. The lowest BCUT2D eigenvalue weighted by Gasteiger charge is -2.18. The average molecular weight is 577 g/mol. The lowest BCUT2D eigenvalue weighted by atomic mass is 9.85. The van der Waals surface area contributed by atoms with E-state index in [1.807, 2.05) is 12.2 Å². The standard InChI is InChI=1S/C43H28O2/c1-3-4-17-37-26(2)31-22-23-38-42(43(31)45-37)36-21-20-30(25-39(36)44-38)41-34-15-9-7-13-32(34)40(33-14-8-10-16-35(33)41)29-19-18-27-11-5-6-12-28(27)24-29/h3-25H,1H2,2H3/b17-4-. The Labute approximate surface area is 260 Å². The van der Waals surface area contributed by atoms with Crippen LogP contribution in [0.3, 0.4) is 0 Å². The number of aryl methyl sites for hydroxylation is 1. The molecule has 0 saturated carbocycles. The number of hydrogen-bond acceptors (Lipinski definition) is 2. The van der Waals surface area contributed by atoms with Gasteiger partial charge in [-0.2, -0.15) is 0 Å². The van der Waals surface area contributed by atoms with Crippen molar-refractivity contribution in [1.29, 1.82) is 0 Å². The topological polar surface area (TPSA) is 26.3 Å². The lowest BCUT2D eigenvalue weighted by molar-refractivity contribution is 0.604. The molecule has 0 aliphatic heterocycles. The van der Waals surface area contributed by atoms with Crippen molar-refractivity contribution in [3.8, 4) is 22.3 Å². The third-order valence-corrected chi connectivity index (χ3v) is 9.22. The molecule has 0 aliphatic rings. The first kappa shape index (κ1) is 25.6. The number of hydrogen-bond donors (Lipinski definition) is 0. The SMILES string of the molecule is C=C/C=C\c1oc2c(ccc3oc4cc(-c5c6ccccc6c(-c6ccc7ccccc7c6)c6ccccc56)ccc4c32)c1C. The molecule has 0 bridgehead atoms. The summed E-state index contributed by atoms with van der Waals surface area (Å²) in [4.78, 5) is 0. The Balaban J connectivity index is 1.31. The van der Waals surface area contributed by atoms with E-state index < -0.39 is 0 Å². The van der Waals surface area contributed by atoms with Crippen LogP contribution in [0.1, 0.15) is 11.3 Å². The first-order chi connectivity index (χ1) is 22.2. The fourth-order valence-electron chi connectivity index (χ4n) is 7.12. The lowest BCUT2D eigenvalue weighted by Crippen LogP contribution is -1.91. The minimum Gasteiger partial charge on any atom is -0.456 e. The molecule has 0 amide bonds. The second kappa shape index (κ2) is 9.83. The van der Waals surface area contributed by atoms with E-state index in [9.17, 15) is 0 Å². The summed E-state index contributed by atoms with van der Waals surface area (Å²) in [5.41, 5.74) is 8.46. The van der Waals surface area contributed by atoms with Crippen LogP contribution in [-0.2, 0) is 0 Å². The molecule has 2 nitrogen and oxygen atoms in total. The van der Waals surface area contributed by atoms with Gasteiger partial charge in [0.05, 0.1) is 5.39 Å². The quantitative estimate of drug-likeness (QED) is 0.154. The number of benzene rings is 7. The molecule has 0 radical (unpaired) electrons.